The van der Waals surface area contributed by atoms with E-state index in [1.165, 1.54) is 48.5 Å². The van der Waals surface area contributed by atoms with Crippen molar-refractivity contribution in [2.75, 3.05) is 10.6 Å². The highest BCUT2D eigenvalue weighted by Gasteiger charge is 2.15. The van der Waals surface area contributed by atoms with Crippen molar-refractivity contribution in [2.45, 2.75) is 0 Å². The van der Waals surface area contributed by atoms with Crippen LogP contribution in [-0.4, -0.2) is 16.0 Å². The minimum atomic E-state index is -0.553. The number of hydrogen-bond acceptors (Lipinski definition) is 5. The van der Waals surface area contributed by atoms with E-state index in [0.29, 0.717) is 0 Å². The predicted molar refractivity (Wildman–Crippen MR) is 111 cm³/mol. The average Bonchev–Trinajstić information content (AvgIpc) is 2.70. The van der Waals surface area contributed by atoms with Crippen molar-refractivity contribution >= 4 is 40.4 Å². The zero-order chi connectivity index (χ0) is 20.8. The van der Waals surface area contributed by atoms with Gasteiger partial charge in [0, 0.05) is 11.6 Å². The summed E-state index contributed by atoms with van der Waals surface area (Å²) >= 11 is 5.09. The fourth-order valence-electron chi connectivity index (χ4n) is 2.44. The summed E-state index contributed by atoms with van der Waals surface area (Å²) in [4.78, 5) is 22.9. The smallest absolute Gasteiger partial charge is 0.292 e. The highest BCUT2D eigenvalue weighted by Crippen LogP contribution is 2.24. The Bertz CT molecular complexity index is 1090. The molecular weight excluding hydrogens is 397 g/mol. The van der Waals surface area contributed by atoms with Gasteiger partial charge in [0.25, 0.3) is 16.8 Å². The van der Waals surface area contributed by atoms with Gasteiger partial charge >= 0.3 is 0 Å². The van der Waals surface area contributed by atoms with Gasteiger partial charge in [0.05, 0.1) is 10.6 Å². The van der Waals surface area contributed by atoms with Gasteiger partial charge in [-0.05, 0) is 48.6 Å². The van der Waals surface area contributed by atoms with Gasteiger partial charge in [0.2, 0.25) is 0 Å². The van der Waals surface area contributed by atoms with E-state index in [0.717, 1.165) is 0 Å². The minimum absolute atomic E-state index is 0.0531. The molecule has 0 fully saturated rings. The van der Waals surface area contributed by atoms with Crippen LogP contribution in [0.15, 0.2) is 72.8 Å². The Labute approximate surface area is 170 Å². The third-order valence-electron chi connectivity index (χ3n) is 3.77. The molecule has 7 nitrogen and oxygen atoms in total. The summed E-state index contributed by atoms with van der Waals surface area (Å²) in [7, 11) is 0. The first-order valence-corrected chi connectivity index (χ1v) is 8.73. The summed E-state index contributed by atoms with van der Waals surface area (Å²) in [5, 5.41) is 16.1. The second-order valence-corrected chi connectivity index (χ2v) is 6.12. The first kappa shape index (κ1) is 19.9. The quantitative estimate of drug-likeness (QED) is 0.357. The van der Waals surface area contributed by atoms with E-state index >= 15 is 0 Å². The van der Waals surface area contributed by atoms with Crippen molar-refractivity contribution in [3.8, 4) is 5.75 Å². The van der Waals surface area contributed by atoms with Gasteiger partial charge in [-0.15, -0.1) is 0 Å². The lowest BCUT2D eigenvalue weighted by Gasteiger charge is -2.11. The highest BCUT2D eigenvalue weighted by atomic mass is 32.1. The van der Waals surface area contributed by atoms with Crippen LogP contribution in [0.1, 0.15) is 10.4 Å². The summed E-state index contributed by atoms with van der Waals surface area (Å²) < 4.78 is 19.2. The molecule has 29 heavy (non-hydrogen) atoms. The number of carbonyl (C=O) groups is 1. The fourth-order valence-corrected chi connectivity index (χ4v) is 2.65. The van der Waals surface area contributed by atoms with Gasteiger partial charge in [0.15, 0.2) is 0 Å². The van der Waals surface area contributed by atoms with Crippen molar-refractivity contribution < 1.29 is 18.8 Å². The van der Waals surface area contributed by atoms with Crippen molar-refractivity contribution in [3.05, 3.63) is 94.3 Å². The topological polar surface area (TPSA) is 93.5 Å². The molecule has 1 amide bonds. The van der Waals surface area contributed by atoms with Crippen LogP contribution in [0.25, 0.3) is 0 Å². The number of carbonyl (C=O) groups excluding carboxylic acids is 1. The third-order valence-corrected chi connectivity index (χ3v) is 3.95. The van der Waals surface area contributed by atoms with Gasteiger partial charge in [-0.25, -0.2) is 4.39 Å². The Hall–Kier alpha value is -3.85. The molecular formula is C20H14FN3O4S. The number of thiocarbonyl (C=S) groups is 1. The summed E-state index contributed by atoms with van der Waals surface area (Å²) in [6.07, 6.45) is 0. The molecule has 0 spiro atoms. The van der Waals surface area contributed by atoms with Gasteiger partial charge in [0.1, 0.15) is 17.3 Å². The Kier molecular flexibility index (Phi) is 6.10. The van der Waals surface area contributed by atoms with Crippen molar-refractivity contribution in [1.82, 2.24) is 0 Å². The minimum Gasteiger partial charge on any atom is -0.432 e. The molecule has 9 heteroatoms. The lowest BCUT2D eigenvalue weighted by molar-refractivity contribution is -0.383. The molecule has 0 atom stereocenters. The number of anilines is 2. The zero-order valence-electron chi connectivity index (χ0n) is 14.8. The van der Waals surface area contributed by atoms with Gasteiger partial charge in [-0.1, -0.05) is 30.3 Å². The SMILES string of the molecule is O=C(Nc1ccccc1F)c1cccc(OC(=S)Nc2ccccc2[N+](=O)[O-])c1. The molecule has 0 bridgehead atoms. The van der Waals surface area contributed by atoms with E-state index in [4.69, 9.17) is 17.0 Å². The van der Waals surface area contributed by atoms with Gasteiger partial charge < -0.3 is 15.4 Å². The van der Waals surface area contributed by atoms with Crippen molar-refractivity contribution in [1.29, 1.82) is 0 Å². The second-order valence-electron chi connectivity index (χ2n) is 5.75. The molecule has 0 saturated heterocycles. The van der Waals surface area contributed by atoms with Crippen LogP contribution in [0.2, 0.25) is 0 Å². The van der Waals surface area contributed by atoms with E-state index in [-0.39, 0.29) is 33.5 Å². The monoisotopic (exact) mass is 411 g/mol. The van der Waals surface area contributed by atoms with Crippen LogP contribution in [0, 0.1) is 15.9 Å². The number of nitrogens with zero attached hydrogens (tertiary/aromatic N) is 1. The molecule has 0 aliphatic carbocycles. The molecule has 0 radical (unpaired) electrons. The third kappa shape index (κ3) is 5.11. The molecule has 3 aromatic rings. The van der Waals surface area contributed by atoms with E-state index < -0.39 is 16.6 Å². The van der Waals surface area contributed by atoms with Crippen LogP contribution in [-0.2, 0) is 0 Å². The number of ether oxygens (including phenoxy) is 1. The standard InChI is InChI=1S/C20H14FN3O4S/c21-15-8-1-2-9-16(15)22-19(25)13-6-5-7-14(12-13)28-20(29)23-17-10-3-4-11-18(17)24(26)27/h1-12H,(H,22,25)(H,23,29). The summed E-state index contributed by atoms with van der Waals surface area (Å²) in [5.41, 5.74) is 0.295. The summed E-state index contributed by atoms with van der Waals surface area (Å²) in [6, 6.07) is 17.9. The molecule has 0 saturated carbocycles. The normalized spacial score (nSPS) is 10.1. The molecule has 146 valence electrons. The maximum Gasteiger partial charge on any atom is 0.292 e. The maximum absolute atomic E-state index is 13.7. The molecule has 3 rings (SSSR count). The lowest BCUT2D eigenvalue weighted by atomic mass is 10.2. The Morgan fingerprint density at radius 2 is 1.66 bits per heavy atom. The number of benzene rings is 3. The number of para-hydroxylation sites is 3. The van der Waals surface area contributed by atoms with Gasteiger partial charge in [-0.3, -0.25) is 14.9 Å². The van der Waals surface area contributed by atoms with E-state index in [1.807, 2.05) is 0 Å². The predicted octanol–water partition coefficient (Wildman–Crippen LogP) is 4.76. The number of nitro groups is 1. The van der Waals surface area contributed by atoms with Crippen LogP contribution >= 0.6 is 12.2 Å². The first-order valence-electron chi connectivity index (χ1n) is 8.32. The Balaban J connectivity index is 1.70. The Morgan fingerprint density at radius 1 is 0.966 bits per heavy atom. The number of rotatable bonds is 5. The molecule has 0 heterocycles. The molecule has 2 N–H and O–H groups in total. The van der Waals surface area contributed by atoms with E-state index in [1.54, 1.807) is 24.3 Å². The first-order chi connectivity index (χ1) is 13.9. The number of amides is 1. The molecule has 3 aromatic carbocycles. The summed E-state index contributed by atoms with van der Waals surface area (Å²) in [6.45, 7) is 0. The van der Waals surface area contributed by atoms with Gasteiger partial charge in [-0.2, -0.15) is 0 Å². The van der Waals surface area contributed by atoms with Crippen LogP contribution < -0.4 is 15.4 Å². The largest absolute Gasteiger partial charge is 0.432 e. The average molecular weight is 411 g/mol. The van der Waals surface area contributed by atoms with E-state index in [2.05, 4.69) is 10.6 Å². The number of nitrogens with one attached hydrogen (secondary N) is 2. The second kappa shape index (κ2) is 8.89. The van der Waals surface area contributed by atoms with Crippen LogP contribution in [0.3, 0.4) is 0 Å². The van der Waals surface area contributed by atoms with Crippen molar-refractivity contribution in [3.63, 3.8) is 0 Å². The number of hydrogen-bond donors (Lipinski definition) is 2. The number of nitro benzene ring substituents is 1. The molecule has 0 aliphatic rings. The molecule has 0 unspecified atom stereocenters. The Morgan fingerprint density at radius 3 is 2.38 bits per heavy atom. The maximum atomic E-state index is 13.7. The lowest BCUT2D eigenvalue weighted by Crippen LogP contribution is -2.18. The van der Waals surface area contributed by atoms with Crippen LogP contribution in [0.5, 0.6) is 5.75 Å². The fraction of sp³-hybridized carbons (Fsp3) is 0. The van der Waals surface area contributed by atoms with Crippen molar-refractivity contribution in [2.24, 2.45) is 0 Å². The molecule has 0 aromatic heterocycles. The molecule has 0 aliphatic heterocycles. The van der Waals surface area contributed by atoms with Crippen LogP contribution in [0.4, 0.5) is 21.5 Å². The summed E-state index contributed by atoms with van der Waals surface area (Å²) in [5.74, 6) is -0.844. The van der Waals surface area contributed by atoms with E-state index in [9.17, 15) is 19.3 Å². The number of halogens is 1. The highest BCUT2D eigenvalue weighted by molar-refractivity contribution is 7.80. The zero-order valence-corrected chi connectivity index (χ0v) is 15.6.